The molecule has 13 heavy (non-hydrogen) atoms. The van der Waals surface area contributed by atoms with E-state index in [0.29, 0.717) is 6.54 Å². The van der Waals surface area contributed by atoms with E-state index in [1.807, 2.05) is 13.8 Å². The quantitative estimate of drug-likeness (QED) is 0.508. The molecule has 0 aliphatic rings. The molecular weight excluding hydrogens is 168 g/mol. The number of hydrogen-bond donors (Lipinski definition) is 3. The van der Waals surface area contributed by atoms with Crippen LogP contribution in [0, 0.1) is 5.92 Å². The van der Waals surface area contributed by atoms with Gasteiger partial charge >= 0.3 is 0 Å². The first kappa shape index (κ1) is 12.4. The summed E-state index contributed by atoms with van der Waals surface area (Å²) in [6, 6.07) is -0.422. The Balaban J connectivity index is 3.50. The van der Waals surface area contributed by atoms with E-state index in [1.54, 1.807) is 0 Å². The number of carbonyl (C=O) groups excluding carboxylic acids is 1. The molecule has 0 aromatic heterocycles. The van der Waals surface area contributed by atoms with Crippen LogP contribution in [0.5, 0.6) is 0 Å². The molecule has 0 saturated heterocycles. The highest BCUT2D eigenvalue weighted by molar-refractivity contribution is 5.81. The van der Waals surface area contributed by atoms with Gasteiger partial charge in [-0.2, -0.15) is 0 Å². The zero-order valence-electron chi connectivity index (χ0n) is 8.42. The van der Waals surface area contributed by atoms with Gasteiger partial charge in [-0.25, -0.2) is 0 Å². The molecule has 0 aliphatic carbocycles. The van der Waals surface area contributed by atoms with Crippen LogP contribution in [0.25, 0.3) is 0 Å². The number of unbranched alkanes of at least 4 members (excludes halogenated alkanes) is 1. The molecule has 0 bridgehead atoms. The van der Waals surface area contributed by atoms with Crippen molar-refractivity contribution in [2.24, 2.45) is 11.7 Å². The average Bonchev–Trinajstić information content (AvgIpc) is 2.10. The van der Waals surface area contributed by atoms with Gasteiger partial charge in [-0.15, -0.1) is 0 Å². The Morgan fingerprint density at radius 3 is 2.54 bits per heavy atom. The number of hydrogen-bond acceptors (Lipinski definition) is 3. The lowest BCUT2D eigenvalue weighted by Crippen LogP contribution is -2.44. The number of rotatable bonds is 6. The highest BCUT2D eigenvalue weighted by atomic mass is 16.2. The number of nitrogens with two attached hydrogens (primary N) is 1. The maximum absolute atomic E-state index is 11.2. The highest BCUT2D eigenvalue weighted by Crippen LogP contribution is 1.97. The van der Waals surface area contributed by atoms with E-state index >= 15 is 0 Å². The lowest BCUT2D eigenvalue weighted by Gasteiger charge is -2.14. The van der Waals surface area contributed by atoms with Crippen molar-refractivity contribution in [1.82, 2.24) is 5.32 Å². The van der Waals surface area contributed by atoms with Crippen LogP contribution in [0.2, 0.25) is 0 Å². The summed E-state index contributed by atoms with van der Waals surface area (Å²) in [7, 11) is 0. The van der Waals surface area contributed by atoms with Gasteiger partial charge in [0.1, 0.15) is 0 Å². The van der Waals surface area contributed by atoms with E-state index in [1.165, 1.54) is 0 Å². The third-order valence-corrected chi connectivity index (χ3v) is 1.91. The van der Waals surface area contributed by atoms with Gasteiger partial charge in [0.05, 0.1) is 6.04 Å². The van der Waals surface area contributed by atoms with E-state index in [-0.39, 0.29) is 18.4 Å². The van der Waals surface area contributed by atoms with Crippen molar-refractivity contribution in [3.8, 4) is 0 Å². The summed E-state index contributed by atoms with van der Waals surface area (Å²) >= 11 is 0. The summed E-state index contributed by atoms with van der Waals surface area (Å²) in [6.07, 6.45) is 1.52. The number of carbonyl (C=O) groups is 1. The Hall–Kier alpha value is -0.610. The number of amides is 1. The topological polar surface area (TPSA) is 75.4 Å². The summed E-state index contributed by atoms with van der Waals surface area (Å²) in [5.41, 5.74) is 5.61. The first-order valence-electron chi connectivity index (χ1n) is 4.73. The summed E-state index contributed by atoms with van der Waals surface area (Å²) in [4.78, 5) is 11.2. The molecular formula is C9H20N2O2. The minimum absolute atomic E-state index is 0.104. The average molecular weight is 188 g/mol. The third-order valence-electron chi connectivity index (χ3n) is 1.91. The maximum atomic E-state index is 11.2. The molecule has 0 radical (unpaired) electrons. The normalized spacial score (nSPS) is 13.0. The van der Waals surface area contributed by atoms with Crippen LogP contribution in [-0.4, -0.2) is 30.2 Å². The van der Waals surface area contributed by atoms with Crippen LogP contribution >= 0.6 is 0 Å². The molecule has 1 amide bonds. The fourth-order valence-electron chi connectivity index (χ4n) is 0.869. The van der Waals surface area contributed by atoms with Crippen molar-refractivity contribution in [3.05, 3.63) is 0 Å². The lowest BCUT2D eigenvalue weighted by atomic mass is 10.1. The molecule has 0 aromatic carbocycles. The van der Waals surface area contributed by atoms with Crippen molar-refractivity contribution in [2.75, 3.05) is 13.2 Å². The van der Waals surface area contributed by atoms with Crippen molar-refractivity contribution >= 4 is 5.91 Å². The Morgan fingerprint density at radius 1 is 1.46 bits per heavy atom. The van der Waals surface area contributed by atoms with Crippen molar-refractivity contribution in [2.45, 2.75) is 32.7 Å². The largest absolute Gasteiger partial charge is 0.396 e. The Bertz CT molecular complexity index is 149. The smallest absolute Gasteiger partial charge is 0.237 e. The maximum Gasteiger partial charge on any atom is 0.237 e. The van der Waals surface area contributed by atoms with Crippen molar-refractivity contribution in [3.63, 3.8) is 0 Å². The van der Waals surface area contributed by atoms with E-state index in [4.69, 9.17) is 10.8 Å². The molecule has 0 spiro atoms. The Kier molecular flexibility index (Phi) is 6.54. The Labute approximate surface area is 79.5 Å². The second-order valence-electron chi connectivity index (χ2n) is 3.49. The van der Waals surface area contributed by atoms with Crippen LogP contribution < -0.4 is 11.1 Å². The Morgan fingerprint density at radius 2 is 2.08 bits per heavy atom. The summed E-state index contributed by atoms with van der Waals surface area (Å²) in [5.74, 6) is 0.0609. The third kappa shape index (κ3) is 5.60. The van der Waals surface area contributed by atoms with Crippen LogP contribution in [0.1, 0.15) is 26.7 Å². The van der Waals surface area contributed by atoms with Crippen LogP contribution in [-0.2, 0) is 4.79 Å². The predicted octanol–water partition coefficient (Wildman–Crippen LogP) is -0.142. The first-order valence-corrected chi connectivity index (χ1v) is 4.73. The fraction of sp³-hybridized carbons (Fsp3) is 0.889. The van der Waals surface area contributed by atoms with Gasteiger partial charge in [-0.3, -0.25) is 4.79 Å². The van der Waals surface area contributed by atoms with Gasteiger partial charge in [0, 0.05) is 13.2 Å². The molecule has 0 aromatic rings. The van der Waals surface area contributed by atoms with E-state index in [2.05, 4.69) is 5.32 Å². The van der Waals surface area contributed by atoms with Gasteiger partial charge < -0.3 is 16.2 Å². The van der Waals surface area contributed by atoms with Crippen LogP contribution in [0.15, 0.2) is 0 Å². The summed E-state index contributed by atoms with van der Waals surface area (Å²) < 4.78 is 0. The second-order valence-corrected chi connectivity index (χ2v) is 3.49. The van der Waals surface area contributed by atoms with E-state index < -0.39 is 6.04 Å². The first-order chi connectivity index (χ1) is 6.09. The minimum atomic E-state index is -0.422. The molecule has 0 saturated carbocycles. The van der Waals surface area contributed by atoms with Gasteiger partial charge in [0.25, 0.3) is 0 Å². The number of aliphatic hydroxyl groups is 1. The van der Waals surface area contributed by atoms with Crippen LogP contribution in [0.3, 0.4) is 0 Å². The van der Waals surface area contributed by atoms with E-state index in [9.17, 15) is 4.79 Å². The number of nitrogens with one attached hydrogen (secondary N) is 1. The SMILES string of the molecule is CC(C)[C@@H](N)C(=O)NCCCCO. The van der Waals surface area contributed by atoms with Crippen LogP contribution in [0.4, 0.5) is 0 Å². The second kappa shape index (κ2) is 6.86. The molecule has 0 heterocycles. The van der Waals surface area contributed by atoms with Gasteiger partial charge in [-0.1, -0.05) is 13.8 Å². The molecule has 4 nitrogen and oxygen atoms in total. The monoisotopic (exact) mass is 188 g/mol. The number of aliphatic hydroxyl groups excluding tert-OH is 1. The molecule has 4 N–H and O–H groups in total. The van der Waals surface area contributed by atoms with E-state index in [0.717, 1.165) is 12.8 Å². The lowest BCUT2D eigenvalue weighted by molar-refractivity contribution is -0.123. The molecule has 0 rings (SSSR count). The summed E-state index contributed by atoms with van der Waals surface area (Å²) in [5, 5.41) is 11.2. The van der Waals surface area contributed by atoms with Gasteiger partial charge in [0.2, 0.25) is 5.91 Å². The van der Waals surface area contributed by atoms with Crippen molar-refractivity contribution < 1.29 is 9.90 Å². The predicted molar refractivity (Wildman–Crippen MR) is 52.1 cm³/mol. The van der Waals surface area contributed by atoms with Gasteiger partial charge in [-0.05, 0) is 18.8 Å². The standard InChI is InChI=1S/C9H20N2O2/c1-7(2)8(10)9(13)11-5-3-4-6-12/h7-8,12H,3-6,10H2,1-2H3,(H,11,13)/t8-/m1/s1. The highest BCUT2D eigenvalue weighted by Gasteiger charge is 2.15. The molecule has 0 fully saturated rings. The molecule has 0 aliphatic heterocycles. The molecule has 1 atom stereocenters. The zero-order chi connectivity index (χ0) is 10.3. The molecule has 78 valence electrons. The fourth-order valence-corrected chi connectivity index (χ4v) is 0.869. The van der Waals surface area contributed by atoms with Crippen molar-refractivity contribution in [1.29, 1.82) is 0 Å². The minimum Gasteiger partial charge on any atom is -0.396 e. The summed E-state index contributed by atoms with van der Waals surface area (Å²) in [6.45, 7) is 4.60. The molecule has 0 unspecified atom stereocenters. The molecule has 4 heteroatoms. The van der Waals surface area contributed by atoms with Gasteiger partial charge in [0.15, 0.2) is 0 Å². The zero-order valence-corrected chi connectivity index (χ0v) is 8.42.